The van der Waals surface area contributed by atoms with Gasteiger partial charge in [-0.2, -0.15) is 13.2 Å². The van der Waals surface area contributed by atoms with Crippen molar-refractivity contribution in [2.24, 2.45) is 0 Å². The van der Waals surface area contributed by atoms with Gasteiger partial charge in [-0.3, -0.25) is 4.79 Å². The van der Waals surface area contributed by atoms with Gasteiger partial charge in [-0.25, -0.2) is 0 Å². The maximum Gasteiger partial charge on any atom is 0.449 e. The molecule has 0 aliphatic carbocycles. The van der Waals surface area contributed by atoms with E-state index in [9.17, 15) is 18.0 Å². The van der Waals surface area contributed by atoms with Crippen LogP contribution in [0.4, 0.5) is 13.2 Å². The number of fused-ring (bicyclic) bond motifs is 1. The largest absolute Gasteiger partial charge is 0.493 e. The van der Waals surface area contributed by atoms with Gasteiger partial charge in [-0.15, -0.1) is 0 Å². The van der Waals surface area contributed by atoms with Crippen molar-refractivity contribution in [3.63, 3.8) is 0 Å². The summed E-state index contributed by atoms with van der Waals surface area (Å²) in [6.45, 7) is 0.611. The molecule has 0 bridgehead atoms. The van der Waals surface area contributed by atoms with Crippen molar-refractivity contribution in [3.8, 4) is 5.75 Å². The fourth-order valence-electron chi connectivity index (χ4n) is 1.80. The molecule has 0 spiro atoms. The van der Waals surface area contributed by atoms with Gasteiger partial charge in [-0.1, -0.05) is 12.1 Å². The molecule has 17 heavy (non-hydrogen) atoms. The molecule has 1 aliphatic rings. The average Bonchev–Trinajstić information content (AvgIpc) is 2.71. The summed E-state index contributed by atoms with van der Waals surface area (Å²) in [5.74, 6) is -0.884. The Hall–Kier alpha value is -1.52. The minimum atomic E-state index is -4.72. The first kappa shape index (κ1) is 12.0. The first-order valence-electron chi connectivity index (χ1n) is 5.31. The summed E-state index contributed by atoms with van der Waals surface area (Å²) in [6, 6.07) is 5.26. The van der Waals surface area contributed by atoms with Gasteiger partial charge in [0.05, 0.1) is 6.61 Å². The molecule has 0 aromatic heterocycles. The quantitative estimate of drug-likeness (QED) is 0.817. The highest BCUT2D eigenvalue weighted by Crippen LogP contribution is 2.27. The van der Waals surface area contributed by atoms with Crippen LogP contribution in [0.15, 0.2) is 18.2 Å². The van der Waals surface area contributed by atoms with E-state index in [-0.39, 0.29) is 6.42 Å². The molecule has 0 saturated carbocycles. The van der Waals surface area contributed by atoms with Crippen LogP contribution < -0.4 is 4.74 Å². The number of carbonyl (C=O) groups excluding carboxylic acids is 1. The van der Waals surface area contributed by atoms with E-state index in [0.717, 1.165) is 23.3 Å². The Bertz CT molecular complexity index is 438. The first-order chi connectivity index (χ1) is 7.97. The molecule has 0 unspecified atom stereocenters. The van der Waals surface area contributed by atoms with Crippen molar-refractivity contribution in [1.82, 2.24) is 0 Å². The third-order valence-corrected chi connectivity index (χ3v) is 2.71. The second-order valence-electron chi connectivity index (χ2n) is 3.96. The second-order valence-corrected chi connectivity index (χ2v) is 3.96. The Morgan fingerprint density at radius 3 is 2.82 bits per heavy atom. The lowest BCUT2D eigenvalue weighted by molar-refractivity contribution is -0.171. The van der Waals surface area contributed by atoms with E-state index in [0.29, 0.717) is 6.61 Å². The molecule has 1 aromatic rings. The summed E-state index contributed by atoms with van der Waals surface area (Å²) in [5, 5.41) is 0. The average molecular weight is 244 g/mol. The molecule has 0 amide bonds. The van der Waals surface area contributed by atoms with Crippen molar-refractivity contribution in [2.45, 2.75) is 25.4 Å². The summed E-state index contributed by atoms with van der Waals surface area (Å²) in [4.78, 5) is 10.7. The lowest BCUT2D eigenvalue weighted by Crippen LogP contribution is -2.22. The fourth-order valence-corrected chi connectivity index (χ4v) is 1.80. The van der Waals surface area contributed by atoms with Gasteiger partial charge in [-0.05, 0) is 23.6 Å². The second kappa shape index (κ2) is 4.39. The van der Waals surface area contributed by atoms with E-state index in [2.05, 4.69) is 0 Å². The molecule has 92 valence electrons. The van der Waals surface area contributed by atoms with E-state index >= 15 is 0 Å². The van der Waals surface area contributed by atoms with Crippen LogP contribution in [0.5, 0.6) is 5.75 Å². The number of ketones is 1. The number of hydrogen-bond acceptors (Lipinski definition) is 2. The molecule has 2 rings (SSSR count). The van der Waals surface area contributed by atoms with Crippen molar-refractivity contribution in [3.05, 3.63) is 29.3 Å². The van der Waals surface area contributed by atoms with E-state index in [4.69, 9.17) is 4.74 Å². The SMILES string of the molecule is O=C(CCc1ccc2c(c1)CCO2)C(F)(F)F. The van der Waals surface area contributed by atoms with Crippen molar-refractivity contribution in [1.29, 1.82) is 0 Å². The lowest BCUT2D eigenvalue weighted by Gasteiger charge is -2.06. The smallest absolute Gasteiger partial charge is 0.449 e. The third-order valence-electron chi connectivity index (χ3n) is 2.71. The molecule has 1 aliphatic heterocycles. The predicted molar refractivity (Wildman–Crippen MR) is 55.0 cm³/mol. The number of carbonyl (C=O) groups is 1. The van der Waals surface area contributed by atoms with Crippen LogP contribution in [0.3, 0.4) is 0 Å². The van der Waals surface area contributed by atoms with Crippen LogP contribution in [0.1, 0.15) is 17.5 Å². The minimum absolute atomic E-state index is 0.117. The Kier molecular flexibility index (Phi) is 3.09. The monoisotopic (exact) mass is 244 g/mol. The highest BCUT2D eigenvalue weighted by atomic mass is 19.4. The highest BCUT2D eigenvalue weighted by Gasteiger charge is 2.37. The van der Waals surface area contributed by atoms with E-state index in [1.54, 1.807) is 12.1 Å². The third kappa shape index (κ3) is 2.78. The Morgan fingerprint density at radius 1 is 1.35 bits per heavy atom. The van der Waals surface area contributed by atoms with Crippen molar-refractivity contribution in [2.75, 3.05) is 6.61 Å². The maximum atomic E-state index is 12.0. The number of halogens is 3. The predicted octanol–water partition coefficient (Wildman–Crippen LogP) is 2.69. The summed E-state index contributed by atoms with van der Waals surface area (Å²) in [5.41, 5.74) is 1.74. The van der Waals surface area contributed by atoms with Crippen LogP contribution in [0, 0.1) is 0 Å². The molecule has 0 radical (unpaired) electrons. The van der Waals surface area contributed by atoms with E-state index in [1.165, 1.54) is 0 Å². The van der Waals surface area contributed by atoms with Gasteiger partial charge in [0.15, 0.2) is 0 Å². The van der Waals surface area contributed by atoms with E-state index in [1.807, 2.05) is 6.07 Å². The van der Waals surface area contributed by atoms with Gasteiger partial charge in [0, 0.05) is 12.8 Å². The standard InChI is InChI=1S/C12H11F3O2/c13-12(14,15)11(16)4-2-8-1-3-10-9(7-8)5-6-17-10/h1,3,7H,2,4-6H2. The maximum absolute atomic E-state index is 12.0. The highest BCUT2D eigenvalue weighted by molar-refractivity contribution is 5.84. The zero-order valence-corrected chi connectivity index (χ0v) is 9.01. The number of aryl methyl sites for hydroxylation is 1. The summed E-state index contributed by atoms with van der Waals surface area (Å²) in [6.07, 6.45) is -4.33. The van der Waals surface area contributed by atoms with Crippen LogP contribution in [-0.4, -0.2) is 18.6 Å². The Balaban J connectivity index is 1.98. The molecule has 1 heterocycles. The molecule has 2 nitrogen and oxygen atoms in total. The van der Waals surface area contributed by atoms with Gasteiger partial charge in [0.1, 0.15) is 5.75 Å². The van der Waals surface area contributed by atoms with Crippen LogP contribution in [0.25, 0.3) is 0 Å². The number of alkyl halides is 3. The van der Waals surface area contributed by atoms with Gasteiger partial charge < -0.3 is 4.74 Å². The van der Waals surface area contributed by atoms with Gasteiger partial charge >= 0.3 is 6.18 Å². The Morgan fingerprint density at radius 2 is 2.12 bits per heavy atom. The normalized spacial score (nSPS) is 14.3. The number of rotatable bonds is 3. The number of benzene rings is 1. The van der Waals surface area contributed by atoms with Crippen molar-refractivity contribution >= 4 is 5.78 Å². The zero-order valence-electron chi connectivity index (χ0n) is 9.01. The number of ether oxygens (including phenoxy) is 1. The molecule has 0 atom stereocenters. The van der Waals surface area contributed by atoms with Crippen LogP contribution >= 0.6 is 0 Å². The summed E-state index contributed by atoms with van der Waals surface area (Å²) >= 11 is 0. The molecule has 0 fully saturated rings. The Labute approximate surface area is 96.4 Å². The lowest BCUT2D eigenvalue weighted by atomic mass is 10.0. The molecule has 1 aromatic carbocycles. The zero-order chi connectivity index (χ0) is 12.5. The topological polar surface area (TPSA) is 26.3 Å². The molecule has 5 heteroatoms. The molecular weight excluding hydrogens is 233 g/mol. The van der Waals surface area contributed by atoms with Crippen LogP contribution in [-0.2, 0) is 17.6 Å². The van der Waals surface area contributed by atoms with E-state index < -0.39 is 18.4 Å². The molecule has 0 N–H and O–H groups in total. The minimum Gasteiger partial charge on any atom is -0.493 e. The van der Waals surface area contributed by atoms with Gasteiger partial charge in [0.25, 0.3) is 0 Å². The summed E-state index contributed by atoms with van der Waals surface area (Å²) in [7, 11) is 0. The summed E-state index contributed by atoms with van der Waals surface area (Å²) < 4.78 is 41.3. The first-order valence-corrected chi connectivity index (χ1v) is 5.31. The number of hydrogen-bond donors (Lipinski definition) is 0. The number of Topliss-reactive ketones (excluding diaryl/α,β-unsaturated/α-hetero) is 1. The van der Waals surface area contributed by atoms with Crippen LogP contribution in [0.2, 0.25) is 0 Å². The molecular formula is C12H11F3O2. The fraction of sp³-hybridized carbons (Fsp3) is 0.417. The molecule has 0 saturated heterocycles. The van der Waals surface area contributed by atoms with Crippen molar-refractivity contribution < 1.29 is 22.7 Å². The van der Waals surface area contributed by atoms with Gasteiger partial charge in [0.2, 0.25) is 5.78 Å².